The predicted molar refractivity (Wildman–Crippen MR) is 80.8 cm³/mol. The first kappa shape index (κ1) is 15.7. The summed E-state index contributed by atoms with van der Waals surface area (Å²) >= 11 is 3.49. The van der Waals surface area contributed by atoms with Crippen molar-refractivity contribution in [2.24, 2.45) is 5.92 Å². The van der Waals surface area contributed by atoms with Crippen LogP contribution in [0.25, 0.3) is 0 Å². The first-order chi connectivity index (χ1) is 8.59. The molecule has 0 aliphatic rings. The normalized spacial score (nSPS) is 12.9. The minimum Gasteiger partial charge on any atom is -0.380 e. The van der Waals surface area contributed by atoms with Crippen molar-refractivity contribution in [2.45, 2.75) is 33.2 Å². The van der Waals surface area contributed by atoms with Crippen LogP contribution in [0.15, 0.2) is 28.7 Å². The molecule has 1 N–H and O–H groups in total. The van der Waals surface area contributed by atoms with Gasteiger partial charge in [-0.15, -0.1) is 0 Å². The van der Waals surface area contributed by atoms with Crippen LogP contribution < -0.4 is 5.32 Å². The molecule has 0 amide bonds. The number of hydrogen-bond donors (Lipinski definition) is 1. The molecule has 0 saturated carbocycles. The molecule has 0 aliphatic carbocycles. The molecule has 0 radical (unpaired) electrons. The van der Waals surface area contributed by atoms with Crippen LogP contribution in [-0.4, -0.2) is 19.8 Å². The molecule has 0 aliphatic heterocycles. The van der Waals surface area contributed by atoms with Gasteiger partial charge < -0.3 is 10.1 Å². The number of nitrogens with one attached hydrogen (secondary N) is 1. The summed E-state index contributed by atoms with van der Waals surface area (Å²) in [6, 6.07) is 8.76. The second kappa shape index (κ2) is 8.68. The highest BCUT2D eigenvalue weighted by molar-refractivity contribution is 9.10. The van der Waals surface area contributed by atoms with Crippen LogP contribution in [0.5, 0.6) is 0 Å². The highest BCUT2D eigenvalue weighted by Crippen LogP contribution is 2.17. The zero-order valence-corrected chi connectivity index (χ0v) is 13.2. The summed E-state index contributed by atoms with van der Waals surface area (Å²) in [4.78, 5) is 0. The maximum atomic E-state index is 5.58. The molecule has 0 aromatic heterocycles. The minimum absolute atomic E-state index is 0.358. The lowest BCUT2D eigenvalue weighted by molar-refractivity contribution is 0.123. The van der Waals surface area contributed by atoms with Gasteiger partial charge in [-0.3, -0.25) is 0 Å². The Balaban J connectivity index is 2.15. The molecule has 0 heterocycles. The first-order valence-corrected chi connectivity index (χ1v) is 7.45. The van der Waals surface area contributed by atoms with Gasteiger partial charge in [-0.05, 0) is 37.0 Å². The molecule has 3 heteroatoms. The molecule has 2 nitrogen and oxygen atoms in total. The van der Waals surface area contributed by atoms with Crippen LogP contribution in [0, 0.1) is 5.92 Å². The Morgan fingerprint density at radius 2 is 2.00 bits per heavy atom. The Bertz CT molecular complexity index is 341. The Kier molecular flexibility index (Phi) is 7.56. The van der Waals surface area contributed by atoms with Crippen molar-refractivity contribution >= 4 is 15.9 Å². The van der Waals surface area contributed by atoms with Gasteiger partial charge in [0, 0.05) is 23.7 Å². The molecular formula is C15H24BrNO. The van der Waals surface area contributed by atoms with E-state index in [-0.39, 0.29) is 0 Å². The lowest BCUT2D eigenvalue weighted by atomic mass is 10.1. The SMILES string of the molecule is CC(C)CCOCCN[C@@H](C)c1cccc(Br)c1. The maximum absolute atomic E-state index is 5.58. The van der Waals surface area contributed by atoms with Crippen molar-refractivity contribution in [3.05, 3.63) is 34.3 Å². The summed E-state index contributed by atoms with van der Waals surface area (Å²) in [6.07, 6.45) is 1.14. The average Bonchev–Trinajstić information content (AvgIpc) is 2.33. The van der Waals surface area contributed by atoms with E-state index in [2.05, 4.69) is 60.2 Å². The second-order valence-corrected chi connectivity index (χ2v) is 5.94. The summed E-state index contributed by atoms with van der Waals surface area (Å²) in [5.74, 6) is 0.721. The van der Waals surface area contributed by atoms with E-state index < -0.39 is 0 Å². The van der Waals surface area contributed by atoms with E-state index in [1.54, 1.807) is 0 Å². The smallest absolute Gasteiger partial charge is 0.0591 e. The van der Waals surface area contributed by atoms with Gasteiger partial charge in [0.05, 0.1) is 6.61 Å². The fraction of sp³-hybridized carbons (Fsp3) is 0.600. The molecule has 0 fully saturated rings. The van der Waals surface area contributed by atoms with Crippen molar-refractivity contribution < 1.29 is 4.74 Å². The fourth-order valence-corrected chi connectivity index (χ4v) is 2.08. The van der Waals surface area contributed by atoms with Crippen LogP contribution in [0.1, 0.15) is 38.8 Å². The minimum atomic E-state index is 0.358. The van der Waals surface area contributed by atoms with Crippen LogP contribution in [0.3, 0.4) is 0 Å². The van der Waals surface area contributed by atoms with E-state index in [9.17, 15) is 0 Å². The van der Waals surface area contributed by atoms with Gasteiger partial charge in [-0.2, -0.15) is 0 Å². The van der Waals surface area contributed by atoms with Crippen molar-refractivity contribution in [3.8, 4) is 0 Å². The van der Waals surface area contributed by atoms with Crippen molar-refractivity contribution in [3.63, 3.8) is 0 Å². The molecule has 0 bridgehead atoms. The van der Waals surface area contributed by atoms with Crippen LogP contribution >= 0.6 is 15.9 Å². The zero-order chi connectivity index (χ0) is 13.4. The predicted octanol–water partition coefficient (Wildman–Crippen LogP) is 4.16. The average molecular weight is 314 g/mol. The monoisotopic (exact) mass is 313 g/mol. The lowest BCUT2D eigenvalue weighted by Gasteiger charge is -2.15. The molecule has 1 atom stereocenters. The molecule has 0 unspecified atom stereocenters. The molecule has 102 valence electrons. The standard InChI is InChI=1S/C15H24BrNO/c1-12(2)7-9-18-10-8-17-13(3)14-5-4-6-15(16)11-14/h4-6,11-13,17H,7-10H2,1-3H3/t13-/m0/s1. The first-order valence-electron chi connectivity index (χ1n) is 6.66. The Labute approximate surface area is 119 Å². The van der Waals surface area contributed by atoms with Crippen LogP contribution in [0.2, 0.25) is 0 Å². The summed E-state index contributed by atoms with van der Waals surface area (Å²) in [5, 5.41) is 3.47. The maximum Gasteiger partial charge on any atom is 0.0591 e. The van der Waals surface area contributed by atoms with Gasteiger partial charge in [0.25, 0.3) is 0 Å². The van der Waals surface area contributed by atoms with Crippen LogP contribution in [-0.2, 0) is 4.74 Å². The van der Waals surface area contributed by atoms with Crippen molar-refractivity contribution in [1.82, 2.24) is 5.32 Å². The molecule has 1 rings (SSSR count). The molecule has 0 spiro atoms. The number of hydrogen-bond acceptors (Lipinski definition) is 2. The quantitative estimate of drug-likeness (QED) is 0.727. The van der Waals surface area contributed by atoms with Gasteiger partial charge in [-0.25, -0.2) is 0 Å². The molecule has 1 aromatic rings. The largest absolute Gasteiger partial charge is 0.380 e. The van der Waals surface area contributed by atoms with Crippen molar-refractivity contribution in [1.29, 1.82) is 0 Å². The van der Waals surface area contributed by atoms with E-state index in [0.29, 0.717) is 6.04 Å². The Morgan fingerprint density at radius 1 is 1.22 bits per heavy atom. The van der Waals surface area contributed by atoms with Crippen molar-refractivity contribution in [2.75, 3.05) is 19.8 Å². The molecular weight excluding hydrogens is 290 g/mol. The summed E-state index contributed by atoms with van der Waals surface area (Å²) < 4.78 is 6.71. The molecule has 0 saturated heterocycles. The van der Waals surface area contributed by atoms with Crippen LogP contribution in [0.4, 0.5) is 0 Å². The highest BCUT2D eigenvalue weighted by atomic mass is 79.9. The third-order valence-corrected chi connectivity index (χ3v) is 3.38. The zero-order valence-electron chi connectivity index (χ0n) is 11.6. The van der Waals surface area contributed by atoms with Gasteiger partial charge in [0.1, 0.15) is 0 Å². The summed E-state index contributed by atoms with van der Waals surface area (Å²) in [6.45, 7) is 9.16. The highest BCUT2D eigenvalue weighted by Gasteiger charge is 2.04. The Hall–Kier alpha value is -0.380. The van der Waals surface area contributed by atoms with Gasteiger partial charge in [0.15, 0.2) is 0 Å². The molecule has 1 aromatic carbocycles. The lowest BCUT2D eigenvalue weighted by Crippen LogP contribution is -2.23. The summed E-state index contributed by atoms with van der Waals surface area (Å²) in [5.41, 5.74) is 1.30. The number of ether oxygens (including phenoxy) is 1. The topological polar surface area (TPSA) is 21.3 Å². The third kappa shape index (κ3) is 6.53. The fourth-order valence-electron chi connectivity index (χ4n) is 1.66. The van der Waals surface area contributed by atoms with Gasteiger partial charge in [0.2, 0.25) is 0 Å². The number of benzene rings is 1. The summed E-state index contributed by atoms with van der Waals surface area (Å²) in [7, 11) is 0. The van der Waals surface area contributed by atoms with E-state index in [0.717, 1.165) is 36.6 Å². The van der Waals surface area contributed by atoms with Gasteiger partial charge in [-0.1, -0.05) is 41.9 Å². The number of halogens is 1. The number of rotatable bonds is 8. The Morgan fingerprint density at radius 3 is 2.67 bits per heavy atom. The third-order valence-electron chi connectivity index (χ3n) is 2.89. The van der Waals surface area contributed by atoms with Gasteiger partial charge >= 0.3 is 0 Å². The van der Waals surface area contributed by atoms with E-state index in [1.807, 2.05) is 6.07 Å². The van der Waals surface area contributed by atoms with E-state index >= 15 is 0 Å². The van der Waals surface area contributed by atoms with E-state index in [1.165, 1.54) is 5.56 Å². The van der Waals surface area contributed by atoms with E-state index in [4.69, 9.17) is 4.74 Å². The molecule has 18 heavy (non-hydrogen) atoms. The second-order valence-electron chi connectivity index (χ2n) is 5.03.